The zero-order valence-electron chi connectivity index (χ0n) is 7.21. The van der Waals surface area contributed by atoms with E-state index < -0.39 is 0 Å². The van der Waals surface area contributed by atoms with Gasteiger partial charge in [-0.3, -0.25) is 0 Å². The first kappa shape index (κ1) is 8.22. The molecule has 0 radical (unpaired) electrons. The molecule has 0 bridgehead atoms. The van der Waals surface area contributed by atoms with Crippen molar-refractivity contribution < 1.29 is 0 Å². The van der Waals surface area contributed by atoms with Crippen LogP contribution in [0.4, 0.5) is 0 Å². The van der Waals surface area contributed by atoms with E-state index in [-0.39, 0.29) is 0 Å². The quantitative estimate of drug-likeness (QED) is 0.562. The smallest absolute Gasteiger partial charge is 0.0512 e. The largest absolute Gasteiger partial charge is 0.350 e. The van der Waals surface area contributed by atoms with Gasteiger partial charge >= 0.3 is 0 Å². The molecule has 1 aromatic carbocycles. The first-order valence-corrected chi connectivity index (χ1v) is 4.31. The number of benzene rings is 1. The average Bonchev–Trinajstić information content (AvgIpc) is 2.48. The second-order valence-corrected chi connectivity index (χ2v) is 3.37. The fourth-order valence-electron chi connectivity index (χ4n) is 1.41. The summed E-state index contributed by atoms with van der Waals surface area (Å²) in [6.45, 7) is 0. The summed E-state index contributed by atoms with van der Waals surface area (Å²) in [4.78, 5) is 0. The van der Waals surface area contributed by atoms with E-state index in [0.717, 1.165) is 16.5 Å². The SMILES string of the molecule is C#Cc1cc(Cl)c2ccn(C)c2c1. The van der Waals surface area contributed by atoms with Gasteiger partial charge in [-0.2, -0.15) is 0 Å². The third-order valence-corrected chi connectivity index (χ3v) is 2.43. The highest BCUT2D eigenvalue weighted by molar-refractivity contribution is 6.35. The summed E-state index contributed by atoms with van der Waals surface area (Å²) in [6.07, 6.45) is 7.28. The summed E-state index contributed by atoms with van der Waals surface area (Å²) in [5.41, 5.74) is 1.89. The number of nitrogens with zero attached hydrogens (tertiary/aromatic N) is 1. The van der Waals surface area contributed by atoms with Crippen LogP contribution in [0, 0.1) is 12.3 Å². The van der Waals surface area contributed by atoms with Crippen LogP contribution >= 0.6 is 11.6 Å². The second-order valence-electron chi connectivity index (χ2n) is 2.96. The van der Waals surface area contributed by atoms with Crippen molar-refractivity contribution in [3.63, 3.8) is 0 Å². The molecule has 2 heteroatoms. The van der Waals surface area contributed by atoms with Gasteiger partial charge in [0.2, 0.25) is 0 Å². The molecule has 0 amide bonds. The zero-order valence-corrected chi connectivity index (χ0v) is 7.97. The number of terminal acetylenes is 1. The Hall–Kier alpha value is -1.39. The number of hydrogen-bond acceptors (Lipinski definition) is 0. The Bertz CT molecular complexity index is 503. The fraction of sp³-hybridized carbons (Fsp3) is 0.0909. The van der Waals surface area contributed by atoms with Crippen molar-refractivity contribution in [3.05, 3.63) is 35.0 Å². The molecule has 0 saturated heterocycles. The van der Waals surface area contributed by atoms with Crippen LogP contribution in [0.3, 0.4) is 0 Å². The van der Waals surface area contributed by atoms with Crippen LogP contribution in [0.15, 0.2) is 24.4 Å². The van der Waals surface area contributed by atoms with Crippen molar-refractivity contribution in [2.24, 2.45) is 7.05 Å². The predicted octanol–water partition coefficient (Wildman–Crippen LogP) is 2.81. The molecule has 13 heavy (non-hydrogen) atoms. The highest BCUT2D eigenvalue weighted by Crippen LogP contribution is 2.25. The molecule has 0 unspecified atom stereocenters. The molecule has 1 aromatic heterocycles. The van der Waals surface area contributed by atoms with Crippen molar-refractivity contribution in [2.75, 3.05) is 0 Å². The van der Waals surface area contributed by atoms with Gasteiger partial charge in [0.15, 0.2) is 0 Å². The Morgan fingerprint density at radius 2 is 2.23 bits per heavy atom. The van der Waals surface area contributed by atoms with Gasteiger partial charge < -0.3 is 4.57 Å². The monoisotopic (exact) mass is 189 g/mol. The topological polar surface area (TPSA) is 4.93 Å². The minimum atomic E-state index is 0.714. The number of fused-ring (bicyclic) bond motifs is 1. The molecular weight excluding hydrogens is 182 g/mol. The van der Waals surface area contributed by atoms with Crippen LogP contribution in [0.25, 0.3) is 10.9 Å². The normalized spacial score (nSPS) is 10.2. The highest BCUT2D eigenvalue weighted by atomic mass is 35.5. The van der Waals surface area contributed by atoms with Gasteiger partial charge in [0, 0.05) is 24.2 Å². The van der Waals surface area contributed by atoms with E-state index >= 15 is 0 Å². The minimum Gasteiger partial charge on any atom is -0.350 e. The van der Waals surface area contributed by atoms with Gasteiger partial charge in [-0.1, -0.05) is 17.5 Å². The maximum absolute atomic E-state index is 6.05. The Morgan fingerprint density at radius 3 is 2.92 bits per heavy atom. The van der Waals surface area contributed by atoms with Crippen molar-refractivity contribution >= 4 is 22.5 Å². The van der Waals surface area contributed by atoms with E-state index in [1.807, 2.05) is 36.0 Å². The molecule has 0 spiro atoms. The summed E-state index contributed by atoms with van der Waals surface area (Å²) in [7, 11) is 1.97. The lowest BCUT2D eigenvalue weighted by molar-refractivity contribution is 0.969. The number of aromatic nitrogens is 1. The fourth-order valence-corrected chi connectivity index (χ4v) is 1.69. The first-order chi connectivity index (χ1) is 6.22. The third-order valence-electron chi connectivity index (χ3n) is 2.12. The van der Waals surface area contributed by atoms with E-state index in [4.69, 9.17) is 18.0 Å². The summed E-state index contributed by atoms with van der Waals surface area (Å²) < 4.78 is 2.00. The predicted molar refractivity (Wildman–Crippen MR) is 55.9 cm³/mol. The van der Waals surface area contributed by atoms with Crippen molar-refractivity contribution in [3.8, 4) is 12.3 Å². The molecule has 0 aliphatic heterocycles. The number of rotatable bonds is 0. The average molecular weight is 190 g/mol. The lowest BCUT2D eigenvalue weighted by atomic mass is 10.2. The van der Waals surface area contributed by atoms with E-state index in [0.29, 0.717) is 5.02 Å². The van der Waals surface area contributed by atoms with E-state index in [9.17, 15) is 0 Å². The Kier molecular flexibility index (Phi) is 1.79. The standard InChI is InChI=1S/C11H8ClN/c1-3-8-6-10(12)9-4-5-13(2)11(9)7-8/h1,4-7H,2H3. The van der Waals surface area contributed by atoms with Gasteiger partial charge in [0.05, 0.1) is 10.5 Å². The van der Waals surface area contributed by atoms with Crippen LogP contribution in [0.2, 0.25) is 5.02 Å². The molecule has 0 atom stereocenters. The van der Waals surface area contributed by atoms with Crippen LogP contribution in [0.5, 0.6) is 0 Å². The summed E-state index contributed by atoms with van der Waals surface area (Å²) >= 11 is 6.05. The second kappa shape index (κ2) is 2.83. The molecule has 0 saturated carbocycles. The van der Waals surface area contributed by atoms with Gasteiger partial charge in [-0.05, 0) is 18.2 Å². The van der Waals surface area contributed by atoms with Crippen LogP contribution in [-0.2, 0) is 7.05 Å². The van der Waals surface area contributed by atoms with Gasteiger partial charge in [0.1, 0.15) is 0 Å². The van der Waals surface area contributed by atoms with Crippen molar-refractivity contribution in [1.82, 2.24) is 4.57 Å². The lowest BCUT2D eigenvalue weighted by Gasteiger charge is -1.99. The molecule has 64 valence electrons. The molecule has 0 N–H and O–H groups in total. The summed E-state index contributed by atoms with van der Waals surface area (Å²) in [5, 5.41) is 1.76. The maximum Gasteiger partial charge on any atom is 0.0512 e. The molecule has 0 aliphatic carbocycles. The van der Waals surface area contributed by atoms with Crippen LogP contribution < -0.4 is 0 Å². The summed E-state index contributed by atoms with van der Waals surface area (Å²) in [5.74, 6) is 2.58. The third kappa shape index (κ3) is 1.20. The van der Waals surface area contributed by atoms with E-state index in [2.05, 4.69) is 5.92 Å². The molecule has 1 nitrogen and oxygen atoms in total. The number of hydrogen-bond donors (Lipinski definition) is 0. The van der Waals surface area contributed by atoms with Gasteiger partial charge in [-0.25, -0.2) is 0 Å². The van der Waals surface area contributed by atoms with Gasteiger partial charge in [0.25, 0.3) is 0 Å². The molecular formula is C11H8ClN. The molecule has 2 rings (SSSR count). The Labute approximate surface area is 81.9 Å². The number of aryl methyl sites for hydroxylation is 1. The Morgan fingerprint density at radius 1 is 1.46 bits per heavy atom. The van der Waals surface area contributed by atoms with E-state index in [1.165, 1.54) is 0 Å². The Balaban J connectivity index is 2.90. The van der Waals surface area contributed by atoms with Crippen molar-refractivity contribution in [2.45, 2.75) is 0 Å². The van der Waals surface area contributed by atoms with Crippen LogP contribution in [-0.4, -0.2) is 4.57 Å². The van der Waals surface area contributed by atoms with E-state index in [1.54, 1.807) is 0 Å². The van der Waals surface area contributed by atoms with Crippen LogP contribution in [0.1, 0.15) is 5.56 Å². The van der Waals surface area contributed by atoms with Gasteiger partial charge in [-0.15, -0.1) is 6.42 Å². The zero-order chi connectivity index (χ0) is 9.42. The molecule has 0 fully saturated rings. The lowest BCUT2D eigenvalue weighted by Crippen LogP contribution is -1.85. The summed E-state index contributed by atoms with van der Waals surface area (Å²) in [6, 6.07) is 5.75. The van der Waals surface area contributed by atoms with Crippen molar-refractivity contribution in [1.29, 1.82) is 0 Å². The molecule has 1 heterocycles. The first-order valence-electron chi connectivity index (χ1n) is 3.93. The minimum absolute atomic E-state index is 0.714. The number of halogens is 1. The molecule has 0 aliphatic rings. The highest BCUT2D eigenvalue weighted by Gasteiger charge is 2.03. The molecule has 2 aromatic rings. The maximum atomic E-state index is 6.05.